The largest absolute Gasteiger partial charge is 0.493 e. The van der Waals surface area contributed by atoms with Crippen LogP contribution in [0.25, 0.3) is 0 Å². The lowest BCUT2D eigenvalue weighted by atomic mass is 9.81. The van der Waals surface area contributed by atoms with Crippen LogP contribution in [0.4, 0.5) is 0 Å². The Hall–Kier alpha value is -2.49. The molecule has 2 aliphatic heterocycles. The summed E-state index contributed by atoms with van der Waals surface area (Å²) in [6.07, 6.45) is -8.63. The van der Waals surface area contributed by atoms with Crippen LogP contribution in [0.15, 0.2) is 30.5 Å². The number of benzene rings is 1. The van der Waals surface area contributed by atoms with Crippen molar-refractivity contribution in [1.29, 1.82) is 0 Å². The highest BCUT2D eigenvalue weighted by Crippen LogP contribution is 2.51. The SMILES string of the molecule is COc1ccc(C(=O)OC2(C)CC(O)C3(O)C=COC(OC4OC(CO)C(O)C(O)C4O)C23)cc1OC. The molecular weight excluding hydrogens is 496 g/mol. The molecule has 1 aromatic rings. The van der Waals surface area contributed by atoms with E-state index in [4.69, 9.17) is 28.4 Å². The molecule has 3 aliphatic rings. The van der Waals surface area contributed by atoms with Gasteiger partial charge in [0.25, 0.3) is 0 Å². The summed E-state index contributed by atoms with van der Waals surface area (Å²) in [5.74, 6) is -1.33. The molecule has 6 N–H and O–H groups in total. The van der Waals surface area contributed by atoms with E-state index in [1.807, 2.05) is 0 Å². The minimum Gasteiger partial charge on any atom is -0.493 e. The Labute approximate surface area is 212 Å². The number of hydrogen-bond acceptors (Lipinski definition) is 13. The molecule has 2 heterocycles. The molecule has 4 rings (SSSR count). The highest BCUT2D eigenvalue weighted by Gasteiger charge is 2.66. The number of carbonyl (C=O) groups excluding carboxylic acids is 1. The molecule has 10 atom stereocenters. The summed E-state index contributed by atoms with van der Waals surface area (Å²) in [5, 5.41) is 62.1. The lowest BCUT2D eigenvalue weighted by molar-refractivity contribution is -0.351. The number of fused-ring (bicyclic) bond motifs is 1. The van der Waals surface area contributed by atoms with Gasteiger partial charge in [-0.05, 0) is 31.2 Å². The lowest BCUT2D eigenvalue weighted by Gasteiger charge is -2.46. The van der Waals surface area contributed by atoms with E-state index < -0.39 is 72.8 Å². The van der Waals surface area contributed by atoms with Gasteiger partial charge in [0, 0.05) is 6.42 Å². The number of aliphatic hydroxyl groups excluding tert-OH is 5. The predicted octanol–water partition coefficient (Wildman–Crippen LogP) is -1.58. The van der Waals surface area contributed by atoms with Crippen LogP contribution in [0.3, 0.4) is 0 Å². The van der Waals surface area contributed by atoms with E-state index in [2.05, 4.69) is 0 Å². The molecule has 1 saturated carbocycles. The highest BCUT2D eigenvalue weighted by atomic mass is 16.8. The van der Waals surface area contributed by atoms with E-state index in [0.29, 0.717) is 5.75 Å². The fraction of sp³-hybridized carbons (Fsp3) is 0.625. The third-order valence-electron chi connectivity index (χ3n) is 7.17. The number of methoxy groups -OCH3 is 2. The summed E-state index contributed by atoms with van der Waals surface area (Å²) >= 11 is 0. The zero-order valence-electron chi connectivity index (χ0n) is 20.5. The van der Waals surface area contributed by atoms with Gasteiger partial charge in [0.2, 0.25) is 6.29 Å². The number of aliphatic hydroxyl groups is 6. The molecule has 206 valence electrons. The molecule has 0 amide bonds. The molecule has 0 bridgehead atoms. The van der Waals surface area contributed by atoms with Crippen LogP contribution in [0.1, 0.15) is 23.7 Å². The zero-order chi connectivity index (χ0) is 27.1. The minimum absolute atomic E-state index is 0.113. The predicted molar refractivity (Wildman–Crippen MR) is 121 cm³/mol. The average molecular weight is 529 g/mol. The van der Waals surface area contributed by atoms with Crippen LogP contribution in [-0.2, 0) is 18.9 Å². The van der Waals surface area contributed by atoms with Gasteiger partial charge >= 0.3 is 5.97 Å². The number of hydrogen-bond donors (Lipinski definition) is 6. The maximum absolute atomic E-state index is 13.1. The second-order valence-electron chi connectivity index (χ2n) is 9.50. The first-order valence-corrected chi connectivity index (χ1v) is 11.6. The molecule has 2 fully saturated rings. The molecule has 1 aromatic carbocycles. The summed E-state index contributed by atoms with van der Waals surface area (Å²) in [6.45, 7) is 0.812. The fourth-order valence-corrected chi connectivity index (χ4v) is 5.16. The Morgan fingerprint density at radius 1 is 1.05 bits per heavy atom. The molecule has 10 unspecified atom stereocenters. The lowest BCUT2D eigenvalue weighted by Crippen LogP contribution is -2.62. The van der Waals surface area contributed by atoms with Crippen molar-refractivity contribution in [1.82, 2.24) is 0 Å². The van der Waals surface area contributed by atoms with E-state index in [9.17, 15) is 35.4 Å². The third kappa shape index (κ3) is 4.77. The highest BCUT2D eigenvalue weighted by molar-refractivity contribution is 5.90. The summed E-state index contributed by atoms with van der Waals surface area (Å²) < 4.78 is 32.9. The Bertz CT molecular complexity index is 1010. The molecule has 37 heavy (non-hydrogen) atoms. The van der Waals surface area contributed by atoms with Crippen molar-refractivity contribution >= 4 is 5.97 Å². The van der Waals surface area contributed by atoms with Crippen molar-refractivity contribution in [3.8, 4) is 11.5 Å². The van der Waals surface area contributed by atoms with Crippen molar-refractivity contribution in [3.05, 3.63) is 36.1 Å². The van der Waals surface area contributed by atoms with Crippen LogP contribution in [0, 0.1) is 5.92 Å². The van der Waals surface area contributed by atoms with Gasteiger partial charge in [-0.3, -0.25) is 0 Å². The van der Waals surface area contributed by atoms with Crippen LogP contribution in [0.2, 0.25) is 0 Å². The Kier molecular flexibility index (Phi) is 7.70. The number of rotatable bonds is 7. The first-order chi connectivity index (χ1) is 17.5. The fourth-order valence-electron chi connectivity index (χ4n) is 5.16. The van der Waals surface area contributed by atoms with E-state index in [-0.39, 0.29) is 17.7 Å². The van der Waals surface area contributed by atoms with E-state index in [1.165, 1.54) is 45.4 Å². The first-order valence-electron chi connectivity index (χ1n) is 11.6. The van der Waals surface area contributed by atoms with Gasteiger partial charge in [0.1, 0.15) is 35.6 Å². The second kappa shape index (κ2) is 10.3. The second-order valence-corrected chi connectivity index (χ2v) is 9.50. The van der Waals surface area contributed by atoms with Crippen LogP contribution in [-0.4, -0.2) is 112 Å². The van der Waals surface area contributed by atoms with E-state index in [1.54, 1.807) is 0 Å². The smallest absolute Gasteiger partial charge is 0.338 e. The molecular formula is C24H32O13. The molecule has 1 aliphatic carbocycles. The van der Waals surface area contributed by atoms with Crippen molar-refractivity contribution in [3.63, 3.8) is 0 Å². The molecule has 0 aromatic heterocycles. The van der Waals surface area contributed by atoms with Gasteiger partial charge in [0.05, 0.1) is 44.7 Å². The third-order valence-corrected chi connectivity index (χ3v) is 7.17. The van der Waals surface area contributed by atoms with Gasteiger partial charge < -0.3 is 59.1 Å². The zero-order valence-corrected chi connectivity index (χ0v) is 20.5. The van der Waals surface area contributed by atoms with Crippen LogP contribution >= 0.6 is 0 Å². The van der Waals surface area contributed by atoms with Crippen LogP contribution in [0.5, 0.6) is 11.5 Å². The standard InChI is InChI=1S/C24H32O13/c1-23(37-20(30)11-4-5-12(32-2)13(8-11)33-3)9-15(26)24(31)6-7-34-22(19(23)24)36-21-18(29)17(28)16(27)14(10-25)35-21/h4-8,14-19,21-22,25-29,31H,9-10H2,1-3H3. The Morgan fingerprint density at radius 2 is 1.76 bits per heavy atom. The minimum atomic E-state index is -1.95. The normalized spacial score (nSPS) is 41.0. The summed E-state index contributed by atoms with van der Waals surface area (Å²) in [6, 6.07) is 4.40. The maximum Gasteiger partial charge on any atom is 0.338 e. The van der Waals surface area contributed by atoms with Crippen molar-refractivity contribution in [2.45, 2.75) is 67.6 Å². The van der Waals surface area contributed by atoms with Crippen LogP contribution < -0.4 is 9.47 Å². The van der Waals surface area contributed by atoms with Crippen molar-refractivity contribution in [2.75, 3.05) is 20.8 Å². The first kappa shape index (κ1) is 27.5. The summed E-state index contributed by atoms with van der Waals surface area (Å²) in [5.41, 5.74) is -3.39. The summed E-state index contributed by atoms with van der Waals surface area (Å²) in [7, 11) is 2.86. The quantitative estimate of drug-likeness (QED) is 0.222. The average Bonchev–Trinajstić information content (AvgIpc) is 3.08. The van der Waals surface area contributed by atoms with Gasteiger partial charge in [-0.25, -0.2) is 4.79 Å². The molecule has 0 spiro atoms. The molecule has 13 heteroatoms. The summed E-state index contributed by atoms with van der Waals surface area (Å²) in [4.78, 5) is 13.1. The van der Waals surface area contributed by atoms with E-state index >= 15 is 0 Å². The van der Waals surface area contributed by atoms with Crippen molar-refractivity contribution < 1.29 is 63.9 Å². The van der Waals surface area contributed by atoms with Gasteiger partial charge in [-0.1, -0.05) is 0 Å². The number of carbonyl (C=O) groups is 1. The monoisotopic (exact) mass is 528 g/mol. The molecule has 13 nitrogen and oxygen atoms in total. The Morgan fingerprint density at radius 3 is 2.41 bits per heavy atom. The molecule has 0 radical (unpaired) electrons. The Balaban J connectivity index is 1.60. The van der Waals surface area contributed by atoms with Gasteiger partial charge in [-0.2, -0.15) is 0 Å². The number of esters is 1. The number of ether oxygens (including phenoxy) is 6. The van der Waals surface area contributed by atoms with Gasteiger partial charge in [-0.15, -0.1) is 0 Å². The topological polar surface area (TPSA) is 194 Å². The van der Waals surface area contributed by atoms with Crippen molar-refractivity contribution in [2.24, 2.45) is 5.92 Å². The molecule has 1 saturated heterocycles. The van der Waals surface area contributed by atoms with E-state index in [0.717, 1.165) is 6.26 Å². The maximum atomic E-state index is 13.1. The van der Waals surface area contributed by atoms with Gasteiger partial charge in [0.15, 0.2) is 17.8 Å².